The Labute approximate surface area is 118 Å². The van der Waals surface area contributed by atoms with Crippen molar-refractivity contribution in [3.05, 3.63) is 29.6 Å². The summed E-state index contributed by atoms with van der Waals surface area (Å²) in [5, 5.41) is 9.01. The van der Waals surface area contributed by atoms with Crippen molar-refractivity contribution in [1.29, 1.82) is 0 Å². The van der Waals surface area contributed by atoms with Crippen LogP contribution in [0.2, 0.25) is 0 Å². The molecule has 2 atom stereocenters. The third-order valence-electron chi connectivity index (χ3n) is 3.64. The molecule has 0 spiro atoms. The van der Waals surface area contributed by atoms with Gasteiger partial charge in [0.2, 0.25) is 0 Å². The van der Waals surface area contributed by atoms with Crippen LogP contribution in [0.3, 0.4) is 0 Å². The van der Waals surface area contributed by atoms with Gasteiger partial charge in [0.25, 0.3) is 5.91 Å². The molecule has 114 valence electrons. The predicted octanol–water partition coefficient (Wildman–Crippen LogP) is 2.04. The maximum atomic E-state index is 12.9. The van der Waals surface area contributed by atoms with Crippen LogP contribution in [0, 0.1) is 5.92 Å². The minimum atomic E-state index is -4.73. The zero-order valence-corrected chi connectivity index (χ0v) is 11.1. The maximum absolute atomic E-state index is 12.9. The molecular weight excluding hydrogens is 289 g/mol. The molecule has 5 nitrogen and oxygen atoms in total. The van der Waals surface area contributed by atoms with Gasteiger partial charge in [-0.25, -0.2) is 0 Å². The van der Waals surface area contributed by atoms with Gasteiger partial charge in [-0.1, -0.05) is 0 Å². The van der Waals surface area contributed by atoms with Crippen LogP contribution >= 0.6 is 0 Å². The van der Waals surface area contributed by atoms with Crippen LogP contribution in [-0.2, 0) is 11.0 Å². The second kappa shape index (κ2) is 5.34. The average molecular weight is 302 g/mol. The molecule has 0 bridgehead atoms. The summed E-state index contributed by atoms with van der Waals surface area (Å²) < 4.78 is 38.6. The Bertz CT molecular complexity index is 574. The van der Waals surface area contributed by atoms with Crippen molar-refractivity contribution in [2.75, 3.05) is 6.54 Å². The van der Waals surface area contributed by atoms with Gasteiger partial charge in [0.05, 0.1) is 11.5 Å². The lowest BCUT2D eigenvalue weighted by molar-refractivity contribution is -0.143. The van der Waals surface area contributed by atoms with Crippen LogP contribution in [0.5, 0.6) is 0 Å². The summed E-state index contributed by atoms with van der Waals surface area (Å²) in [6.07, 6.45) is -3.54. The van der Waals surface area contributed by atoms with E-state index in [2.05, 4.69) is 4.98 Å². The van der Waals surface area contributed by atoms with E-state index in [1.807, 2.05) is 0 Å². The monoisotopic (exact) mass is 302 g/mol. The van der Waals surface area contributed by atoms with Crippen molar-refractivity contribution in [3.63, 3.8) is 0 Å². The smallest absolute Gasteiger partial charge is 0.434 e. The first-order valence-corrected chi connectivity index (χ1v) is 6.29. The molecule has 1 aromatic heterocycles. The molecule has 1 N–H and O–H groups in total. The highest BCUT2D eigenvalue weighted by atomic mass is 19.4. The molecule has 2 rings (SSSR count). The first-order valence-electron chi connectivity index (χ1n) is 6.29. The van der Waals surface area contributed by atoms with Crippen LogP contribution in [0.15, 0.2) is 18.3 Å². The van der Waals surface area contributed by atoms with Crippen molar-refractivity contribution >= 4 is 11.9 Å². The minimum Gasteiger partial charge on any atom is -0.481 e. The van der Waals surface area contributed by atoms with Crippen LogP contribution in [0.4, 0.5) is 13.2 Å². The number of carbonyl (C=O) groups excluding carboxylic acids is 1. The zero-order valence-electron chi connectivity index (χ0n) is 11.1. The summed E-state index contributed by atoms with van der Waals surface area (Å²) in [7, 11) is 0. The van der Waals surface area contributed by atoms with E-state index in [0.717, 1.165) is 17.2 Å². The number of carboxylic acid groups (broad SMARTS) is 1. The van der Waals surface area contributed by atoms with Crippen molar-refractivity contribution in [2.24, 2.45) is 5.92 Å². The quantitative estimate of drug-likeness (QED) is 0.907. The second-order valence-corrected chi connectivity index (χ2v) is 4.87. The molecule has 1 aromatic rings. The van der Waals surface area contributed by atoms with Gasteiger partial charge in [0, 0.05) is 18.8 Å². The lowest BCUT2D eigenvalue weighted by atomic mass is 10.0. The molecule has 21 heavy (non-hydrogen) atoms. The van der Waals surface area contributed by atoms with Crippen LogP contribution < -0.4 is 0 Å². The van der Waals surface area contributed by atoms with Gasteiger partial charge in [-0.15, -0.1) is 0 Å². The fraction of sp³-hybridized carbons (Fsp3) is 0.462. The van der Waals surface area contributed by atoms with Crippen LogP contribution in [0.25, 0.3) is 0 Å². The van der Waals surface area contributed by atoms with Crippen molar-refractivity contribution < 1.29 is 27.9 Å². The topological polar surface area (TPSA) is 70.5 Å². The number of nitrogens with zero attached hydrogens (tertiary/aromatic N) is 2. The fourth-order valence-corrected chi connectivity index (χ4v) is 2.52. The first kappa shape index (κ1) is 15.3. The van der Waals surface area contributed by atoms with Crippen molar-refractivity contribution in [3.8, 4) is 0 Å². The molecule has 2 unspecified atom stereocenters. The van der Waals surface area contributed by atoms with E-state index in [9.17, 15) is 22.8 Å². The third kappa shape index (κ3) is 2.84. The number of halogens is 3. The molecule has 0 saturated carbocycles. The number of aromatic nitrogens is 1. The highest BCUT2D eigenvalue weighted by Gasteiger charge is 2.42. The van der Waals surface area contributed by atoms with E-state index >= 15 is 0 Å². The third-order valence-corrected chi connectivity index (χ3v) is 3.64. The van der Waals surface area contributed by atoms with E-state index < -0.39 is 41.3 Å². The predicted molar refractivity (Wildman–Crippen MR) is 65.5 cm³/mol. The molecule has 1 amide bonds. The summed E-state index contributed by atoms with van der Waals surface area (Å²) in [6, 6.07) is 1.65. The number of aliphatic carboxylic acids is 1. The average Bonchev–Trinajstić information content (AvgIpc) is 2.79. The lowest BCUT2D eigenvalue weighted by Crippen LogP contribution is -2.38. The number of alkyl halides is 3. The number of likely N-dealkylation sites (tertiary alicyclic amines) is 1. The number of amides is 1. The Kier molecular flexibility index (Phi) is 3.89. The van der Waals surface area contributed by atoms with Crippen molar-refractivity contribution in [2.45, 2.75) is 25.6 Å². The Morgan fingerprint density at radius 3 is 2.62 bits per heavy atom. The van der Waals surface area contributed by atoms with E-state index in [1.165, 1.54) is 13.0 Å². The molecule has 8 heteroatoms. The van der Waals surface area contributed by atoms with E-state index in [0.29, 0.717) is 0 Å². The van der Waals surface area contributed by atoms with Crippen molar-refractivity contribution in [1.82, 2.24) is 9.88 Å². The number of rotatable bonds is 2. The molecule has 1 aliphatic heterocycles. The van der Waals surface area contributed by atoms with Gasteiger partial charge in [0.15, 0.2) is 5.69 Å². The van der Waals surface area contributed by atoms with Gasteiger partial charge in [-0.05, 0) is 25.5 Å². The van der Waals surface area contributed by atoms with Gasteiger partial charge in [0.1, 0.15) is 0 Å². The molecule has 1 saturated heterocycles. The SMILES string of the molecule is CC1C(C(=O)O)CCN1C(=O)c1cccnc1C(F)(F)F. The summed E-state index contributed by atoms with van der Waals surface area (Å²) >= 11 is 0. The standard InChI is InChI=1S/C13H13F3N2O3/c1-7-8(12(20)21)4-6-18(7)11(19)9-3-2-5-17-10(9)13(14,15)16/h2-3,5,7-8H,4,6H2,1H3,(H,20,21). The summed E-state index contributed by atoms with van der Waals surface area (Å²) in [5.74, 6) is -2.66. The van der Waals surface area contributed by atoms with Gasteiger partial charge in [-0.3, -0.25) is 14.6 Å². The molecule has 1 aliphatic rings. The molecule has 0 radical (unpaired) electrons. The summed E-state index contributed by atoms with van der Waals surface area (Å²) in [5.41, 5.74) is -1.80. The van der Waals surface area contributed by atoms with Gasteiger partial charge in [-0.2, -0.15) is 13.2 Å². The number of hydrogen-bond acceptors (Lipinski definition) is 3. The fourth-order valence-electron chi connectivity index (χ4n) is 2.52. The van der Waals surface area contributed by atoms with Crippen LogP contribution in [-0.4, -0.2) is 39.5 Å². The van der Waals surface area contributed by atoms with Gasteiger partial charge >= 0.3 is 12.1 Å². The molecule has 2 heterocycles. The normalized spacial score (nSPS) is 22.4. The Hall–Kier alpha value is -2.12. The second-order valence-electron chi connectivity index (χ2n) is 4.87. The number of carboxylic acids is 1. The molecule has 1 fully saturated rings. The Morgan fingerprint density at radius 1 is 1.43 bits per heavy atom. The first-order chi connectivity index (χ1) is 9.73. The lowest BCUT2D eigenvalue weighted by Gasteiger charge is -2.24. The minimum absolute atomic E-state index is 0.114. The number of carbonyl (C=O) groups is 2. The van der Waals surface area contributed by atoms with E-state index in [-0.39, 0.29) is 13.0 Å². The molecule has 0 aliphatic carbocycles. The summed E-state index contributed by atoms with van der Waals surface area (Å²) in [6.45, 7) is 1.64. The van der Waals surface area contributed by atoms with E-state index in [4.69, 9.17) is 5.11 Å². The Balaban J connectivity index is 2.32. The number of pyridine rings is 1. The highest BCUT2D eigenvalue weighted by Crippen LogP contribution is 2.32. The van der Waals surface area contributed by atoms with Crippen LogP contribution in [0.1, 0.15) is 29.4 Å². The van der Waals surface area contributed by atoms with Gasteiger partial charge < -0.3 is 10.0 Å². The maximum Gasteiger partial charge on any atom is 0.434 e. The largest absolute Gasteiger partial charge is 0.481 e. The number of hydrogen-bond donors (Lipinski definition) is 1. The summed E-state index contributed by atoms with van der Waals surface area (Å²) in [4.78, 5) is 27.7. The molecular formula is C13H13F3N2O3. The zero-order chi connectivity index (χ0) is 15.8. The Morgan fingerprint density at radius 2 is 2.10 bits per heavy atom. The van der Waals surface area contributed by atoms with E-state index in [1.54, 1.807) is 0 Å². The molecule has 0 aromatic carbocycles. The highest BCUT2D eigenvalue weighted by molar-refractivity contribution is 5.96.